The molecule has 1 aromatic rings. The predicted octanol–water partition coefficient (Wildman–Crippen LogP) is 0.201. The van der Waals surface area contributed by atoms with E-state index in [9.17, 15) is 8.42 Å². The minimum atomic E-state index is -3.02. The summed E-state index contributed by atoms with van der Waals surface area (Å²) in [5.41, 5.74) is 1.09. The molecule has 1 aromatic heterocycles. The van der Waals surface area contributed by atoms with Crippen LogP contribution < -0.4 is 0 Å². The molecule has 5 nitrogen and oxygen atoms in total. The Morgan fingerprint density at radius 3 is 2.50 bits per heavy atom. The van der Waals surface area contributed by atoms with Crippen LogP contribution in [-0.4, -0.2) is 61.6 Å². The first kappa shape index (κ1) is 13.5. The molecule has 6 heteroatoms. The van der Waals surface area contributed by atoms with Crippen molar-refractivity contribution >= 4 is 10.0 Å². The number of nitrogens with zero attached hydrogens (tertiary/aromatic N) is 3. The fourth-order valence-electron chi connectivity index (χ4n) is 2.10. The first-order valence-electron chi connectivity index (χ1n) is 6.13. The summed E-state index contributed by atoms with van der Waals surface area (Å²) in [5, 5.41) is 0. The standard InChI is InChI=1S/C12H19N3O2S/c1-18(16,17)15-10-8-14(9-11-15)7-5-12-4-2-3-6-13-12/h2-4,6H,5,7-11H2,1H3. The quantitative estimate of drug-likeness (QED) is 0.783. The summed E-state index contributed by atoms with van der Waals surface area (Å²) in [6.45, 7) is 3.75. The van der Waals surface area contributed by atoms with E-state index in [0.717, 1.165) is 31.7 Å². The highest BCUT2D eigenvalue weighted by molar-refractivity contribution is 7.88. The Morgan fingerprint density at radius 2 is 1.94 bits per heavy atom. The summed E-state index contributed by atoms with van der Waals surface area (Å²) in [5.74, 6) is 0. The Hall–Kier alpha value is -0.980. The summed E-state index contributed by atoms with van der Waals surface area (Å²) in [4.78, 5) is 6.57. The van der Waals surface area contributed by atoms with Crippen LogP contribution in [0.15, 0.2) is 24.4 Å². The molecule has 1 aliphatic heterocycles. The van der Waals surface area contributed by atoms with Crippen molar-refractivity contribution in [2.75, 3.05) is 39.0 Å². The van der Waals surface area contributed by atoms with Gasteiger partial charge < -0.3 is 4.90 Å². The van der Waals surface area contributed by atoms with Crippen LogP contribution in [0.4, 0.5) is 0 Å². The zero-order chi connectivity index (χ0) is 13.0. The van der Waals surface area contributed by atoms with Crippen molar-refractivity contribution in [2.24, 2.45) is 0 Å². The van der Waals surface area contributed by atoms with Crippen molar-refractivity contribution in [1.29, 1.82) is 0 Å². The molecule has 0 aromatic carbocycles. The molecular weight excluding hydrogens is 250 g/mol. The zero-order valence-electron chi connectivity index (χ0n) is 10.6. The molecule has 1 fully saturated rings. The van der Waals surface area contributed by atoms with E-state index in [0.29, 0.717) is 13.1 Å². The van der Waals surface area contributed by atoms with E-state index in [2.05, 4.69) is 9.88 Å². The molecule has 100 valence electrons. The van der Waals surface area contributed by atoms with Gasteiger partial charge in [-0.05, 0) is 12.1 Å². The van der Waals surface area contributed by atoms with Gasteiger partial charge in [0.25, 0.3) is 0 Å². The molecule has 0 N–H and O–H groups in total. The highest BCUT2D eigenvalue weighted by Gasteiger charge is 2.22. The minimum absolute atomic E-state index is 0.598. The molecule has 0 amide bonds. The van der Waals surface area contributed by atoms with Crippen LogP contribution >= 0.6 is 0 Å². The number of sulfonamides is 1. The van der Waals surface area contributed by atoms with Crippen LogP contribution in [0.1, 0.15) is 5.69 Å². The number of hydrogen-bond donors (Lipinski definition) is 0. The molecule has 0 bridgehead atoms. The highest BCUT2D eigenvalue weighted by atomic mass is 32.2. The van der Waals surface area contributed by atoms with Gasteiger partial charge in [0.05, 0.1) is 6.26 Å². The van der Waals surface area contributed by atoms with Crippen molar-refractivity contribution in [3.63, 3.8) is 0 Å². The molecule has 1 aliphatic rings. The van der Waals surface area contributed by atoms with Gasteiger partial charge in [-0.15, -0.1) is 0 Å². The molecule has 0 saturated carbocycles. The predicted molar refractivity (Wildman–Crippen MR) is 70.8 cm³/mol. The second kappa shape index (κ2) is 5.77. The second-order valence-corrected chi connectivity index (χ2v) is 6.56. The lowest BCUT2D eigenvalue weighted by Gasteiger charge is -2.33. The minimum Gasteiger partial charge on any atom is -0.300 e. The average molecular weight is 269 g/mol. The lowest BCUT2D eigenvalue weighted by molar-refractivity contribution is 0.190. The molecule has 0 radical (unpaired) electrons. The summed E-state index contributed by atoms with van der Waals surface area (Å²) in [7, 11) is -3.02. The molecular formula is C12H19N3O2S. The van der Waals surface area contributed by atoms with Gasteiger partial charge in [0.1, 0.15) is 0 Å². The van der Waals surface area contributed by atoms with Crippen LogP contribution in [-0.2, 0) is 16.4 Å². The maximum atomic E-state index is 11.4. The molecule has 0 aliphatic carbocycles. The first-order chi connectivity index (χ1) is 8.55. The SMILES string of the molecule is CS(=O)(=O)N1CCN(CCc2ccccn2)CC1. The largest absolute Gasteiger partial charge is 0.300 e. The lowest BCUT2D eigenvalue weighted by Crippen LogP contribution is -2.48. The van der Waals surface area contributed by atoms with Gasteiger partial charge in [-0.2, -0.15) is 4.31 Å². The van der Waals surface area contributed by atoms with Crippen molar-refractivity contribution < 1.29 is 8.42 Å². The number of rotatable bonds is 4. The van der Waals surface area contributed by atoms with Crippen LogP contribution in [0.5, 0.6) is 0 Å². The van der Waals surface area contributed by atoms with Gasteiger partial charge in [-0.1, -0.05) is 6.07 Å². The first-order valence-corrected chi connectivity index (χ1v) is 7.98. The fourth-order valence-corrected chi connectivity index (χ4v) is 2.93. The Labute approximate surface area is 108 Å². The van der Waals surface area contributed by atoms with E-state index in [1.807, 2.05) is 18.2 Å². The maximum absolute atomic E-state index is 11.4. The van der Waals surface area contributed by atoms with Crippen LogP contribution in [0.25, 0.3) is 0 Å². The molecule has 0 spiro atoms. The van der Waals surface area contributed by atoms with E-state index >= 15 is 0 Å². The Balaban J connectivity index is 1.78. The van der Waals surface area contributed by atoms with Crippen molar-refractivity contribution in [1.82, 2.24) is 14.2 Å². The summed E-state index contributed by atoms with van der Waals surface area (Å²) in [6.07, 6.45) is 3.99. The highest BCUT2D eigenvalue weighted by Crippen LogP contribution is 2.06. The Kier molecular flexibility index (Phi) is 4.31. The van der Waals surface area contributed by atoms with Gasteiger partial charge in [-0.25, -0.2) is 8.42 Å². The summed E-state index contributed by atoms with van der Waals surface area (Å²) >= 11 is 0. The normalized spacial score (nSPS) is 18.9. The van der Waals surface area contributed by atoms with Gasteiger partial charge >= 0.3 is 0 Å². The van der Waals surface area contributed by atoms with Crippen molar-refractivity contribution in [3.05, 3.63) is 30.1 Å². The molecule has 18 heavy (non-hydrogen) atoms. The van der Waals surface area contributed by atoms with E-state index in [-0.39, 0.29) is 0 Å². The number of hydrogen-bond acceptors (Lipinski definition) is 4. The van der Waals surface area contributed by atoms with Gasteiger partial charge in [0.15, 0.2) is 0 Å². The third-order valence-corrected chi connectivity index (χ3v) is 4.51. The van der Waals surface area contributed by atoms with E-state index in [1.54, 1.807) is 10.5 Å². The smallest absolute Gasteiger partial charge is 0.211 e. The Morgan fingerprint density at radius 1 is 1.22 bits per heavy atom. The second-order valence-electron chi connectivity index (χ2n) is 4.57. The third kappa shape index (κ3) is 3.76. The summed E-state index contributed by atoms with van der Waals surface area (Å²) < 4.78 is 24.3. The van der Waals surface area contributed by atoms with Gasteiger partial charge in [0, 0.05) is 51.0 Å². The fraction of sp³-hybridized carbons (Fsp3) is 0.583. The van der Waals surface area contributed by atoms with E-state index in [4.69, 9.17) is 0 Å². The summed E-state index contributed by atoms with van der Waals surface area (Å²) in [6, 6.07) is 5.92. The molecule has 0 atom stereocenters. The monoisotopic (exact) mass is 269 g/mol. The average Bonchev–Trinajstić information content (AvgIpc) is 2.37. The topological polar surface area (TPSA) is 53.5 Å². The number of aromatic nitrogens is 1. The lowest BCUT2D eigenvalue weighted by atomic mass is 10.2. The Bertz CT molecular complexity index is 467. The zero-order valence-corrected chi connectivity index (χ0v) is 11.4. The molecule has 2 heterocycles. The van der Waals surface area contributed by atoms with E-state index in [1.165, 1.54) is 6.26 Å². The van der Waals surface area contributed by atoms with Gasteiger partial charge in [-0.3, -0.25) is 4.98 Å². The van der Waals surface area contributed by atoms with E-state index < -0.39 is 10.0 Å². The van der Waals surface area contributed by atoms with Crippen molar-refractivity contribution in [2.45, 2.75) is 6.42 Å². The maximum Gasteiger partial charge on any atom is 0.211 e. The number of piperazine rings is 1. The van der Waals surface area contributed by atoms with Crippen molar-refractivity contribution in [3.8, 4) is 0 Å². The van der Waals surface area contributed by atoms with Gasteiger partial charge in [0.2, 0.25) is 10.0 Å². The van der Waals surface area contributed by atoms with Crippen LogP contribution in [0.3, 0.4) is 0 Å². The van der Waals surface area contributed by atoms with Crippen LogP contribution in [0.2, 0.25) is 0 Å². The molecule has 1 saturated heterocycles. The number of pyridine rings is 1. The molecule has 0 unspecified atom stereocenters. The molecule has 2 rings (SSSR count). The van der Waals surface area contributed by atoms with Crippen LogP contribution in [0, 0.1) is 0 Å². The third-order valence-electron chi connectivity index (χ3n) is 3.21.